The van der Waals surface area contributed by atoms with Crippen molar-refractivity contribution in [1.29, 1.82) is 0 Å². The highest BCUT2D eigenvalue weighted by molar-refractivity contribution is 6.14. The molecule has 2 N–H and O–H groups in total. The number of rotatable bonds is 5. The molecule has 198 valence electrons. The SMILES string of the molecule is CCNc1cc2c(cc1C)C1(c3cc(C)c(NCC)cc3O2)c2ccccc2C(=O)N1c1c(F)cccc1F. The number of amides is 1. The molecule has 0 saturated carbocycles. The second-order valence-corrected chi connectivity index (χ2v) is 9.96. The van der Waals surface area contributed by atoms with Crippen LogP contribution in [0.15, 0.2) is 66.7 Å². The molecule has 0 aliphatic carbocycles. The van der Waals surface area contributed by atoms with Gasteiger partial charge in [0.05, 0.1) is 0 Å². The molecular weight excluding hydrogens is 496 g/mol. The van der Waals surface area contributed by atoms with Gasteiger partial charge in [-0.2, -0.15) is 0 Å². The molecule has 6 rings (SSSR count). The van der Waals surface area contributed by atoms with Crippen molar-refractivity contribution in [3.8, 4) is 11.5 Å². The Labute approximate surface area is 226 Å². The molecule has 0 radical (unpaired) electrons. The normalized spacial score (nSPS) is 14.5. The van der Waals surface area contributed by atoms with E-state index < -0.39 is 23.1 Å². The Bertz CT molecular complexity index is 1570. The van der Waals surface area contributed by atoms with Gasteiger partial charge in [-0.15, -0.1) is 0 Å². The van der Waals surface area contributed by atoms with Gasteiger partial charge in [-0.25, -0.2) is 8.78 Å². The smallest absolute Gasteiger partial charge is 0.260 e. The first kappa shape index (κ1) is 24.9. The largest absolute Gasteiger partial charge is 0.456 e. The summed E-state index contributed by atoms with van der Waals surface area (Å²) >= 11 is 0. The summed E-state index contributed by atoms with van der Waals surface area (Å²) in [5.41, 5.74) is 4.18. The fourth-order valence-electron chi connectivity index (χ4n) is 6.02. The number of para-hydroxylation sites is 1. The summed E-state index contributed by atoms with van der Waals surface area (Å²) in [6.45, 7) is 9.38. The van der Waals surface area contributed by atoms with Gasteiger partial charge in [0.2, 0.25) is 0 Å². The van der Waals surface area contributed by atoms with E-state index in [0.29, 0.717) is 46.8 Å². The lowest BCUT2D eigenvalue weighted by Gasteiger charge is -2.45. The van der Waals surface area contributed by atoms with E-state index in [0.717, 1.165) is 22.5 Å². The van der Waals surface area contributed by atoms with Gasteiger partial charge in [0.15, 0.2) is 0 Å². The first-order chi connectivity index (χ1) is 18.8. The average molecular weight is 526 g/mol. The lowest BCUT2D eigenvalue weighted by molar-refractivity contribution is 0.0983. The maximum Gasteiger partial charge on any atom is 0.260 e. The third-order valence-electron chi connectivity index (χ3n) is 7.63. The van der Waals surface area contributed by atoms with Gasteiger partial charge in [-0.05, 0) is 69.2 Å². The zero-order valence-electron chi connectivity index (χ0n) is 22.3. The van der Waals surface area contributed by atoms with Gasteiger partial charge in [0.25, 0.3) is 5.91 Å². The van der Waals surface area contributed by atoms with Crippen LogP contribution in [0.1, 0.15) is 52.0 Å². The topological polar surface area (TPSA) is 53.6 Å². The van der Waals surface area contributed by atoms with Crippen LogP contribution in [-0.2, 0) is 5.54 Å². The molecule has 0 unspecified atom stereocenters. The van der Waals surface area contributed by atoms with Crippen LogP contribution in [0.4, 0.5) is 25.8 Å². The standard InChI is InChI=1S/C32H29F2N3O2/c1-5-35-26-16-28-22(14-18(26)3)32(23-15-19(4)27(36-6-2)17-29(23)39-28)21-11-8-7-10-20(21)31(38)37(32)30-24(33)12-9-13-25(30)34/h7-17,35-36H,5-6H2,1-4H3. The summed E-state index contributed by atoms with van der Waals surface area (Å²) in [6.07, 6.45) is 0. The Kier molecular flexibility index (Phi) is 5.83. The summed E-state index contributed by atoms with van der Waals surface area (Å²) in [6, 6.07) is 18.6. The van der Waals surface area contributed by atoms with Gasteiger partial charge in [0, 0.05) is 58.9 Å². The molecule has 0 atom stereocenters. The van der Waals surface area contributed by atoms with E-state index in [2.05, 4.69) is 10.6 Å². The highest BCUT2D eigenvalue weighted by atomic mass is 19.1. The Hall–Kier alpha value is -4.39. The molecule has 4 aromatic carbocycles. The average Bonchev–Trinajstić information content (AvgIpc) is 3.16. The lowest BCUT2D eigenvalue weighted by Crippen LogP contribution is -2.48. The van der Waals surface area contributed by atoms with Crippen LogP contribution in [-0.4, -0.2) is 19.0 Å². The van der Waals surface area contributed by atoms with Gasteiger partial charge in [-0.3, -0.25) is 9.69 Å². The summed E-state index contributed by atoms with van der Waals surface area (Å²) < 4.78 is 37.7. The van der Waals surface area contributed by atoms with Gasteiger partial charge < -0.3 is 15.4 Å². The minimum atomic E-state index is -1.37. The molecule has 0 fully saturated rings. The highest BCUT2D eigenvalue weighted by Gasteiger charge is 2.58. The Morgan fingerprint density at radius 2 is 1.31 bits per heavy atom. The second kappa shape index (κ2) is 9.12. The summed E-state index contributed by atoms with van der Waals surface area (Å²) in [7, 11) is 0. The fraction of sp³-hybridized carbons (Fsp3) is 0.219. The number of ether oxygens (including phenoxy) is 1. The Morgan fingerprint density at radius 3 is 1.85 bits per heavy atom. The van der Waals surface area contributed by atoms with Crippen LogP contribution >= 0.6 is 0 Å². The number of halogens is 2. The maximum absolute atomic E-state index is 15.6. The Morgan fingerprint density at radius 1 is 0.769 bits per heavy atom. The number of anilines is 3. The summed E-state index contributed by atoms with van der Waals surface area (Å²) in [5.74, 6) is -1.07. The van der Waals surface area contributed by atoms with Crippen LogP contribution in [0.5, 0.6) is 11.5 Å². The number of hydrogen-bond acceptors (Lipinski definition) is 4. The monoisotopic (exact) mass is 525 g/mol. The van der Waals surface area contributed by atoms with Crippen molar-refractivity contribution < 1.29 is 18.3 Å². The third-order valence-corrected chi connectivity index (χ3v) is 7.63. The molecule has 0 aromatic heterocycles. The van der Waals surface area contributed by atoms with Crippen molar-refractivity contribution in [2.24, 2.45) is 0 Å². The zero-order chi connectivity index (χ0) is 27.5. The maximum atomic E-state index is 15.6. The van der Waals surface area contributed by atoms with E-state index in [4.69, 9.17) is 4.74 Å². The molecule has 0 bridgehead atoms. The molecule has 1 spiro atoms. The van der Waals surface area contributed by atoms with Crippen molar-refractivity contribution in [3.05, 3.63) is 112 Å². The van der Waals surface area contributed by atoms with E-state index in [9.17, 15) is 4.79 Å². The fourth-order valence-corrected chi connectivity index (χ4v) is 6.02. The zero-order valence-corrected chi connectivity index (χ0v) is 22.3. The number of nitrogens with zero attached hydrogens (tertiary/aromatic N) is 1. The molecule has 0 saturated heterocycles. The molecule has 2 aliphatic rings. The number of aryl methyl sites for hydroxylation is 2. The molecule has 5 nitrogen and oxygen atoms in total. The first-order valence-corrected chi connectivity index (χ1v) is 13.2. The number of benzene rings is 4. The van der Waals surface area contributed by atoms with E-state index in [1.54, 1.807) is 12.1 Å². The predicted molar refractivity (Wildman–Crippen MR) is 150 cm³/mol. The van der Waals surface area contributed by atoms with E-state index >= 15 is 8.78 Å². The molecule has 1 amide bonds. The van der Waals surface area contributed by atoms with Crippen molar-refractivity contribution in [2.45, 2.75) is 33.2 Å². The van der Waals surface area contributed by atoms with Crippen molar-refractivity contribution in [2.75, 3.05) is 28.6 Å². The van der Waals surface area contributed by atoms with Crippen LogP contribution in [0, 0.1) is 25.5 Å². The number of carbonyl (C=O) groups is 1. The van der Waals surface area contributed by atoms with E-state index in [1.807, 2.05) is 64.1 Å². The first-order valence-electron chi connectivity index (χ1n) is 13.2. The quantitative estimate of drug-likeness (QED) is 0.283. The van der Waals surface area contributed by atoms with Gasteiger partial charge in [-0.1, -0.05) is 24.3 Å². The Balaban J connectivity index is 1.79. The highest BCUT2D eigenvalue weighted by Crippen LogP contribution is 2.60. The number of hydrogen-bond donors (Lipinski definition) is 2. The third kappa shape index (κ3) is 3.45. The van der Waals surface area contributed by atoms with E-state index in [-0.39, 0.29) is 5.69 Å². The number of nitrogens with one attached hydrogen (secondary N) is 2. The predicted octanol–water partition coefficient (Wildman–Crippen LogP) is 7.50. The van der Waals surface area contributed by atoms with E-state index in [1.165, 1.54) is 23.1 Å². The van der Waals surface area contributed by atoms with Gasteiger partial charge in [0.1, 0.15) is 34.4 Å². The molecule has 7 heteroatoms. The summed E-state index contributed by atoms with van der Waals surface area (Å²) in [4.78, 5) is 15.5. The van der Waals surface area contributed by atoms with Gasteiger partial charge >= 0.3 is 0 Å². The van der Waals surface area contributed by atoms with Crippen LogP contribution < -0.4 is 20.3 Å². The van der Waals surface area contributed by atoms with Crippen LogP contribution in [0.2, 0.25) is 0 Å². The van der Waals surface area contributed by atoms with Crippen LogP contribution in [0.25, 0.3) is 0 Å². The van der Waals surface area contributed by atoms with Crippen LogP contribution in [0.3, 0.4) is 0 Å². The molecular formula is C32H29F2N3O2. The molecule has 2 aliphatic heterocycles. The summed E-state index contributed by atoms with van der Waals surface area (Å²) in [5, 5.41) is 6.73. The minimum absolute atomic E-state index is 0.390. The minimum Gasteiger partial charge on any atom is -0.456 e. The number of fused-ring (bicyclic) bond motifs is 6. The van der Waals surface area contributed by atoms with Crippen molar-refractivity contribution >= 4 is 23.0 Å². The molecule has 4 aromatic rings. The second-order valence-electron chi connectivity index (χ2n) is 9.96. The van der Waals surface area contributed by atoms with Crippen molar-refractivity contribution in [1.82, 2.24) is 0 Å². The molecule has 39 heavy (non-hydrogen) atoms. The van der Waals surface area contributed by atoms with Crippen molar-refractivity contribution in [3.63, 3.8) is 0 Å². The molecule has 2 heterocycles. The lowest BCUT2D eigenvalue weighted by atomic mass is 9.73. The number of carbonyl (C=O) groups excluding carboxylic acids is 1.